The molecule has 3 rings (SSSR count). The van der Waals surface area contributed by atoms with Gasteiger partial charge in [-0.2, -0.15) is 0 Å². The SMILES string of the molecule is CCC(=O)N1CC[C@H](c2ncc3c(n2)CCNC3)C1. The normalized spacial score (nSPS) is 22.4. The molecule has 5 nitrogen and oxygen atoms in total. The van der Waals surface area contributed by atoms with Crippen molar-refractivity contribution in [1.82, 2.24) is 20.2 Å². The highest BCUT2D eigenvalue weighted by Crippen LogP contribution is 2.26. The molecule has 0 radical (unpaired) electrons. The van der Waals surface area contributed by atoms with Gasteiger partial charge in [-0.3, -0.25) is 4.79 Å². The van der Waals surface area contributed by atoms with Crippen LogP contribution in [0.15, 0.2) is 6.20 Å². The summed E-state index contributed by atoms with van der Waals surface area (Å²) in [5, 5.41) is 3.33. The van der Waals surface area contributed by atoms with E-state index in [9.17, 15) is 4.79 Å². The summed E-state index contributed by atoms with van der Waals surface area (Å²) in [6.45, 7) is 5.41. The number of carbonyl (C=O) groups excluding carboxylic acids is 1. The van der Waals surface area contributed by atoms with Crippen LogP contribution in [0.5, 0.6) is 0 Å². The summed E-state index contributed by atoms with van der Waals surface area (Å²) >= 11 is 0. The average molecular weight is 260 g/mol. The fourth-order valence-electron chi connectivity index (χ4n) is 2.87. The third-order valence-corrected chi connectivity index (χ3v) is 4.04. The van der Waals surface area contributed by atoms with Crippen LogP contribution in [0.1, 0.15) is 42.8 Å². The van der Waals surface area contributed by atoms with E-state index in [1.165, 1.54) is 11.3 Å². The molecule has 0 aliphatic carbocycles. The molecule has 1 aromatic rings. The van der Waals surface area contributed by atoms with Gasteiger partial charge in [-0.15, -0.1) is 0 Å². The molecule has 1 fully saturated rings. The van der Waals surface area contributed by atoms with Gasteiger partial charge in [0.1, 0.15) is 5.82 Å². The summed E-state index contributed by atoms with van der Waals surface area (Å²) < 4.78 is 0. The van der Waals surface area contributed by atoms with Crippen LogP contribution < -0.4 is 5.32 Å². The Hall–Kier alpha value is -1.49. The van der Waals surface area contributed by atoms with Crippen LogP contribution in [-0.4, -0.2) is 40.4 Å². The maximum atomic E-state index is 11.7. The fourth-order valence-corrected chi connectivity index (χ4v) is 2.87. The Morgan fingerprint density at radius 1 is 1.58 bits per heavy atom. The molecule has 2 aliphatic heterocycles. The second-order valence-electron chi connectivity index (χ2n) is 5.31. The van der Waals surface area contributed by atoms with Crippen molar-refractivity contribution >= 4 is 5.91 Å². The van der Waals surface area contributed by atoms with Gasteiger partial charge in [0.25, 0.3) is 0 Å². The van der Waals surface area contributed by atoms with Gasteiger partial charge in [0.15, 0.2) is 0 Å². The van der Waals surface area contributed by atoms with Gasteiger partial charge >= 0.3 is 0 Å². The molecule has 1 saturated heterocycles. The molecule has 0 saturated carbocycles. The highest BCUT2D eigenvalue weighted by Gasteiger charge is 2.28. The van der Waals surface area contributed by atoms with Crippen LogP contribution in [0.4, 0.5) is 0 Å². The Morgan fingerprint density at radius 2 is 2.47 bits per heavy atom. The lowest BCUT2D eigenvalue weighted by molar-refractivity contribution is -0.129. The van der Waals surface area contributed by atoms with Gasteiger partial charge in [0.2, 0.25) is 5.91 Å². The standard InChI is InChI=1S/C14H20N4O/c1-2-13(19)18-6-4-10(9-18)14-16-8-11-7-15-5-3-12(11)17-14/h8,10,15H,2-7,9H2,1H3/t10-/m0/s1. The van der Waals surface area contributed by atoms with Crippen LogP contribution in [0.2, 0.25) is 0 Å². The molecular formula is C14H20N4O. The highest BCUT2D eigenvalue weighted by molar-refractivity contribution is 5.76. The van der Waals surface area contributed by atoms with Crippen molar-refractivity contribution < 1.29 is 4.79 Å². The molecule has 1 atom stereocenters. The molecule has 3 heterocycles. The van der Waals surface area contributed by atoms with Crippen molar-refractivity contribution in [3.05, 3.63) is 23.3 Å². The number of aromatic nitrogens is 2. The predicted octanol–water partition coefficient (Wildman–Crippen LogP) is 0.848. The monoisotopic (exact) mass is 260 g/mol. The number of nitrogens with zero attached hydrogens (tertiary/aromatic N) is 3. The van der Waals surface area contributed by atoms with Crippen molar-refractivity contribution in [1.29, 1.82) is 0 Å². The van der Waals surface area contributed by atoms with E-state index >= 15 is 0 Å². The Balaban J connectivity index is 1.75. The zero-order valence-corrected chi connectivity index (χ0v) is 11.4. The minimum atomic E-state index is 0.240. The van der Waals surface area contributed by atoms with E-state index in [-0.39, 0.29) is 5.91 Å². The maximum Gasteiger partial charge on any atom is 0.222 e. The zero-order chi connectivity index (χ0) is 13.2. The van der Waals surface area contributed by atoms with Crippen LogP contribution in [-0.2, 0) is 17.8 Å². The minimum absolute atomic E-state index is 0.240. The predicted molar refractivity (Wildman–Crippen MR) is 71.7 cm³/mol. The molecule has 0 spiro atoms. The molecule has 0 bridgehead atoms. The number of carbonyl (C=O) groups is 1. The molecular weight excluding hydrogens is 240 g/mol. The largest absolute Gasteiger partial charge is 0.342 e. The molecule has 1 amide bonds. The number of likely N-dealkylation sites (tertiary alicyclic amines) is 1. The second-order valence-corrected chi connectivity index (χ2v) is 5.31. The van der Waals surface area contributed by atoms with Gasteiger partial charge in [0, 0.05) is 62.4 Å². The van der Waals surface area contributed by atoms with Gasteiger partial charge in [-0.1, -0.05) is 6.92 Å². The number of amides is 1. The number of fused-ring (bicyclic) bond motifs is 1. The van der Waals surface area contributed by atoms with Crippen LogP contribution in [0.25, 0.3) is 0 Å². The molecule has 1 N–H and O–H groups in total. The van der Waals surface area contributed by atoms with Crippen molar-refractivity contribution in [2.75, 3.05) is 19.6 Å². The van der Waals surface area contributed by atoms with Gasteiger partial charge < -0.3 is 10.2 Å². The first-order valence-electron chi connectivity index (χ1n) is 7.11. The van der Waals surface area contributed by atoms with E-state index in [1.807, 2.05) is 18.0 Å². The van der Waals surface area contributed by atoms with Gasteiger partial charge in [-0.25, -0.2) is 9.97 Å². The number of nitrogens with one attached hydrogen (secondary N) is 1. The quantitative estimate of drug-likeness (QED) is 0.856. The molecule has 5 heteroatoms. The lowest BCUT2D eigenvalue weighted by atomic mass is 10.1. The molecule has 1 aromatic heterocycles. The number of hydrogen-bond acceptors (Lipinski definition) is 4. The summed E-state index contributed by atoms with van der Waals surface area (Å²) in [6.07, 6.45) is 4.51. The van der Waals surface area contributed by atoms with Gasteiger partial charge in [-0.05, 0) is 6.42 Å². The summed E-state index contributed by atoms with van der Waals surface area (Å²) in [4.78, 5) is 22.9. The van der Waals surface area contributed by atoms with Crippen molar-refractivity contribution in [2.45, 2.75) is 38.6 Å². The van der Waals surface area contributed by atoms with E-state index in [0.29, 0.717) is 12.3 Å². The van der Waals surface area contributed by atoms with E-state index in [0.717, 1.165) is 44.8 Å². The van der Waals surface area contributed by atoms with Gasteiger partial charge in [0.05, 0.1) is 0 Å². The Kier molecular flexibility index (Phi) is 3.46. The van der Waals surface area contributed by atoms with Crippen LogP contribution in [0.3, 0.4) is 0 Å². The Bertz CT molecular complexity index is 488. The molecule has 2 aliphatic rings. The van der Waals surface area contributed by atoms with Crippen molar-refractivity contribution in [3.8, 4) is 0 Å². The summed E-state index contributed by atoms with van der Waals surface area (Å²) in [5.41, 5.74) is 2.40. The smallest absolute Gasteiger partial charge is 0.222 e. The lowest BCUT2D eigenvalue weighted by Crippen LogP contribution is -2.28. The van der Waals surface area contributed by atoms with Crippen molar-refractivity contribution in [3.63, 3.8) is 0 Å². The maximum absolute atomic E-state index is 11.7. The molecule has 0 unspecified atom stereocenters. The summed E-state index contributed by atoms with van der Waals surface area (Å²) in [7, 11) is 0. The topological polar surface area (TPSA) is 58.1 Å². The molecule has 0 aromatic carbocycles. The van der Waals surface area contributed by atoms with E-state index in [4.69, 9.17) is 4.98 Å². The fraction of sp³-hybridized carbons (Fsp3) is 0.643. The van der Waals surface area contributed by atoms with E-state index in [2.05, 4.69) is 10.3 Å². The highest BCUT2D eigenvalue weighted by atomic mass is 16.2. The number of hydrogen-bond donors (Lipinski definition) is 1. The number of rotatable bonds is 2. The van der Waals surface area contributed by atoms with E-state index in [1.54, 1.807) is 0 Å². The van der Waals surface area contributed by atoms with Crippen LogP contribution in [0, 0.1) is 0 Å². The third kappa shape index (κ3) is 2.47. The first kappa shape index (κ1) is 12.5. The summed E-state index contributed by atoms with van der Waals surface area (Å²) in [5.74, 6) is 1.48. The van der Waals surface area contributed by atoms with Crippen LogP contribution >= 0.6 is 0 Å². The molecule has 102 valence electrons. The second kappa shape index (κ2) is 5.25. The average Bonchev–Trinajstić information content (AvgIpc) is 2.95. The molecule has 19 heavy (non-hydrogen) atoms. The summed E-state index contributed by atoms with van der Waals surface area (Å²) in [6, 6.07) is 0. The first-order chi connectivity index (χ1) is 9.28. The van der Waals surface area contributed by atoms with Crippen molar-refractivity contribution in [2.24, 2.45) is 0 Å². The Labute approximate surface area is 113 Å². The first-order valence-corrected chi connectivity index (χ1v) is 7.11. The zero-order valence-electron chi connectivity index (χ0n) is 11.4. The van der Waals surface area contributed by atoms with E-state index < -0.39 is 0 Å². The Morgan fingerprint density at radius 3 is 3.32 bits per heavy atom. The third-order valence-electron chi connectivity index (χ3n) is 4.04. The minimum Gasteiger partial charge on any atom is -0.342 e. The lowest BCUT2D eigenvalue weighted by Gasteiger charge is -2.18.